The second-order valence-electron chi connectivity index (χ2n) is 2.23. The maximum Gasteiger partial charge on any atom is 0.277 e. The monoisotopic (exact) mass is 173 g/mol. The van der Waals surface area contributed by atoms with Crippen molar-refractivity contribution in [3.05, 3.63) is 23.2 Å². The molecule has 0 spiro atoms. The Morgan fingerprint density at radius 1 is 1.64 bits per heavy atom. The standard InChI is InChI=1S/C5H7N3O2S/c1-7-2-5-3-8(4-5)11(6,9)10/h2H,3-4H2,(H2,6,9,10). The second-order valence-corrected chi connectivity index (χ2v) is 3.78. The summed E-state index contributed by atoms with van der Waals surface area (Å²) in [6.45, 7) is 6.97. The van der Waals surface area contributed by atoms with Crippen molar-refractivity contribution in [1.29, 1.82) is 0 Å². The largest absolute Gasteiger partial charge is 0.277 e. The van der Waals surface area contributed by atoms with Crippen molar-refractivity contribution >= 4 is 10.2 Å². The molecule has 11 heavy (non-hydrogen) atoms. The van der Waals surface area contributed by atoms with Crippen LogP contribution in [-0.4, -0.2) is 25.8 Å². The summed E-state index contributed by atoms with van der Waals surface area (Å²) in [5, 5.41) is 4.79. The molecule has 0 amide bonds. The summed E-state index contributed by atoms with van der Waals surface area (Å²) >= 11 is 0. The van der Waals surface area contributed by atoms with Gasteiger partial charge in [0.2, 0.25) is 0 Å². The molecule has 0 aromatic carbocycles. The fraction of sp³-hybridized carbons (Fsp3) is 0.400. The predicted octanol–water partition coefficient (Wildman–Crippen LogP) is -0.691. The summed E-state index contributed by atoms with van der Waals surface area (Å²) in [6.07, 6.45) is 1.32. The summed E-state index contributed by atoms with van der Waals surface area (Å²) in [5.74, 6) is 0. The van der Waals surface area contributed by atoms with Gasteiger partial charge in [0.15, 0.2) is 6.20 Å². The third-order valence-electron chi connectivity index (χ3n) is 1.37. The molecule has 0 bridgehead atoms. The Labute approximate surface area is 65.1 Å². The van der Waals surface area contributed by atoms with Gasteiger partial charge < -0.3 is 0 Å². The molecule has 60 valence electrons. The van der Waals surface area contributed by atoms with Gasteiger partial charge in [0.05, 0.1) is 6.57 Å². The molecule has 0 unspecified atom stereocenters. The lowest BCUT2D eigenvalue weighted by atomic mass is 10.2. The van der Waals surface area contributed by atoms with Crippen molar-refractivity contribution in [1.82, 2.24) is 4.31 Å². The van der Waals surface area contributed by atoms with E-state index in [0.717, 1.165) is 9.88 Å². The van der Waals surface area contributed by atoms with Gasteiger partial charge in [-0.2, -0.15) is 12.7 Å². The van der Waals surface area contributed by atoms with E-state index in [-0.39, 0.29) is 13.1 Å². The van der Waals surface area contributed by atoms with E-state index in [1.165, 1.54) is 6.20 Å². The number of hydrogen-bond donors (Lipinski definition) is 1. The molecule has 0 aromatic rings. The number of nitrogens with two attached hydrogens (primary N) is 1. The van der Waals surface area contributed by atoms with Crippen LogP contribution in [-0.2, 0) is 10.2 Å². The maximum absolute atomic E-state index is 10.6. The maximum atomic E-state index is 10.6. The van der Waals surface area contributed by atoms with Gasteiger partial charge in [0.1, 0.15) is 0 Å². The molecule has 1 aliphatic rings. The zero-order valence-electron chi connectivity index (χ0n) is 5.69. The minimum atomic E-state index is -3.53. The highest BCUT2D eigenvalue weighted by atomic mass is 32.2. The highest BCUT2D eigenvalue weighted by Gasteiger charge is 2.27. The Morgan fingerprint density at radius 2 is 2.18 bits per heavy atom. The van der Waals surface area contributed by atoms with Crippen molar-refractivity contribution in [2.45, 2.75) is 0 Å². The molecule has 1 rings (SSSR count). The molecule has 0 aromatic heterocycles. The fourth-order valence-electron chi connectivity index (χ4n) is 0.760. The van der Waals surface area contributed by atoms with Gasteiger partial charge in [0, 0.05) is 13.1 Å². The van der Waals surface area contributed by atoms with Crippen LogP contribution >= 0.6 is 0 Å². The fourth-order valence-corrected chi connectivity index (χ4v) is 1.45. The lowest BCUT2D eigenvalue weighted by Gasteiger charge is -2.30. The van der Waals surface area contributed by atoms with Crippen molar-refractivity contribution in [3.8, 4) is 0 Å². The molecular formula is C5H7N3O2S. The van der Waals surface area contributed by atoms with Gasteiger partial charge in [-0.1, -0.05) is 0 Å². The molecule has 5 nitrogen and oxygen atoms in total. The van der Waals surface area contributed by atoms with E-state index in [9.17, 15) is 8.42 Å². The third kappa shape index (κ3) is 1.77. The molecule has 0 saturated carbocycles. The van der Waals surface area contributed by atoms with Crippen LogP contribution in [0.25, 0.3) is 4.85 Å². The van der Waals surface area contributed by atoms with Crippen LogP contribution in [0.3, 0.4) is 0 Å². The Kier molecular flexibility index (Phi) is 1.95. The zero-order chi connectivity index (χ0) is 8.48. The van der Waals surface area contributed by atoms with E-state index in [2.05, 4.69) is 4.85 Å². The molecule has 1 fully saturated rings. The van der Waals surface area contributed by atoms with Crippen LogP contribution in [0, 0.1) is 6.57 Å². The number of nitrogens with zero attached hydrogens (tertiary/aromatic N) is 2. The highest BCUT2D eigenvalue weighted by molar-refractivity contribution is 7.86. The molecule has 1 heterocycles. The van der Waals surface area contributed by atoms with Crippen LogP contribution in [0.15, 0.2) is 11.8 Å². The first-order valence-electron chi connectivity index (χ1n) is 2.86. The number of hydrogen-bond acceptors (Lipinski definition) is 2. The SMILES string of the molecule is [C-]#[N+]C=C1CN(S(N)(=O)=O)C1. The first-order chi connectivity index (χ1) is 5.04. The second kappa shape index (κ2) is 2.62. The first-order valence-corrected chi connectivity index (χ1v) is 4.36. The van der Waals surface area contributed by atoms with Gasteiger partial charge in [-0.25, -0.2) is 9.98 Å². The Morgan fingerprint density at radius 3 is 2.55 bits per heavy atom. The third-order valence-corrected chi connectivity index (χ3v) is 2.34. The van der Waals surface area contributed by atoms with Gasteiger partial charge >= 0.3 is 0 Å². The Hall–Kier alpha value is -0.900. The van der Waals surface area contributed by atoms with Crippen LogP contribution in [0.4, 0.5) is 0 Å². The van der Waals surface area contributed by atoms with Crippen LogP contribution in [0.5, 0.6) is 0 Å². The molecular weight excluding hydrogens is 166 g/mol. The molecule has 1 saturated heterocycles. The van der Waals surface area contributed by atoms with Crippen LogP contribution in [0.1, 0.15) is 0 Å². The average Bonchev–Trinajstić information content (AvgIpc) is 1.74. The molecule has 0 aliphatic carbocycles. The Bertz CT molecular complexity index is 316. The van der Waals surface area contributed by atoms with Crippen LogP contribution in [0.2, 0.25) is 0 Å². The minimum absolute atomic E-state index is 0.265. The first kappa shape index (κ1) is 8.20. The molecule has 0 radical (unpaired) electrons. The Balaban J connectivity index is 2.57. The summed E-state index contributed by atoms with van der Waals surface area (Å²) in [7, 11) is -3.53. The van der Waals surface area contributed by atoms with Crippen molar-refractivity contribution in [2.75, 3.05) is 13.1 Å². The smallest absolute Gasteiger partial charge is 0.246 e. The normalized spacial score (nSPS) is 18.7. The van der Waals surface area contributed by atoms with E-state index in [1.807, 2.05) is 0 Å². The summed E-state index contributed by atoms with van der Waals surface area (Å²) in [6, 6.07) is 0. The van der Waals surface area contributed by atoms with Crippen molar-refractivity contribution in [2.24, 2.45) is 5.14 Å². The van der Waals surface area contributed by atoms with Gasteiger partial charge in [0.25, 0.3) is 10.2 Å². The molecule has 0 atom stereocenters. The van der Waals surface area contributed by atoms with Crippen LogP contribution < -0.4 is 5.14 Å². The lowest BCUT2D eigenvalue weighted by molar-refractivity contribution is 0.392. The highest BCUT2D eigenvalue weighted by Crippen LogP contribution is 2.15. The minimum Gasteiger partial charge on any atom is -0.246 e. The predicted molar refractivity (Wildman–Crippen MR) is 39.4 cm³/mol. The van der Waals surface area contributed by atoms with Gasteiger partial charge in [-0.3, -0.25) is 0 Å². The van der Waals surface area contributed by atoms with E-state index >= 15 is 0 Å². The molecule has 2 N–H and O–H groups in total. The summed E-state index contributed by atoms with van der Waals surface area (Å²) < 4.78 is 22.2. The topological polar surface area (TPSA) is 67.8 Å². The molecule has 1 aliphatic heterocycles. The zero-order valence-corrected chi connectivity index (χ0v) is 6.50. The average molecular weight is 173 g/mol. The van der Waals surface area contributed by atoms with Crippen molar-refractivity contribution in [3.63, 3.8) is 0 Å². The quantitative estimate of drug-likeness (QED) is 0.533. The van der Waals surface area contributed by atoms with E-state index < -0.39 is 10.2 Å². The van der Waals surface area contributed by atoms with Gasteiger partial charge in [-0.05, 0) is 5.57 Å². The molecule has 6 heteroatoms. The van der Waals surface area contributed by atoms with E-state index in [4.69, 9.17) is 11.7 Å². The van der Waals surface area contributed by atoms with E-state index in [0.29, 0.717) is 0 Å². The van der Waals surface area contributed by atoms with Gasteiger partial charge in [-0.15, -0.1) is 0 Å². The summed E-state index contributed by atoms with van der Waals surface area (Å²) in [5.41, 5.74) is 0.800. The number of rotatable bonds is 1. The summed E-state index contributed by atoms with van der Waals surface area (Å²) in [4.78, 5) is 3.00. The van der Waals surface area contributed by atoms with Crippen molar-refractivity contribution < 1.29 is 8.42 Å². The lowest BCUT2D eigenvalue weighted by Crippen LogP contribution is -2.47. The van der Waals surface area contributed by atoms with E-state index in [1.54, 1.807) is 0 Å².